The summed E-state index contributed by atoms with van der Waals surface area (Å²) in [5, 5.41) is 8.36. The zero-order chi connectivity index (χ0) is 21.9. The van der Waals surface area contributed by atoms with Crippen LogP contribution < -0.4 is 5.32 Å². The lowest BCUT2D eigenvalue weighted by molar-refractivity contribution is -0.135. The van der Waals surface area contributed by atoms with Crippen LogP contribution in [0.5, 0.6) is 0 Å². The van der Waals surface area contributed by atoms with Crippen LogP contribution in [0.2, 0.25) is 10.0 Å². The summed E-state index contributed by atoms with van der Waals surface area (Å²) >= 11 is 12.1. The van der Waals surface area contributed by atoms with Crippen LogP contribution in [0.25, 0.3) is 5.69 Å². The van der Waals surface area contributed by atoms with E-state index in [-0.39, 0.29) is 30.3 Å². The van der Waals surface area contributed by atoms with Gasteiger partial charge in [-0.05, 0) is 59.7 Å². The van der Waals surface area contributed by atoms with Gasteiger partial charge in [0, 0.05) is 23.3 Å². The van der Waals surface area contributed by atoms with Crippen molar-refractivity contribution in [3.8, 4) is 5.69 Å². The summed E-state index contributed by atoms with van der Waals surface area (Å²) in [6.07, 6.45) is 0.176. The Kier molecular flexibility index (Phi) is 7.35. The van der Waals surface area contributed by atoms with Crippen molar-refractivity contribution in [1.82, 2.24) is 20.0 Å². The molecule has 0 unspecified atom stereocenters. The normalized spacial score (nSPS) is 11.4. The first kappa shape index (κ1) is 23.2. The molecule has 29 heavy (non-hydrogen) atoms. The molecule has 158 valence electrons. The third-order valence-electron chi connectivity index (χ3n) is 4.50. The number of aromatic nitrogens is 2. The fraction of sp³-hybridized carbons (Fsp3) is 0.476. The Morgan fingerprint density at radius 3 is 2.38 bits per heavy atom. The highest BCUT2D eigenvalue weighted by Crippen LogP contribution is 2.26. The first-order chi connectivity index (χ1) is 13.4. The zero-order valence-corrected chi connectivity index (χ0v) is 19.3. The van der Waals surface area contributed by atoms with E-state index >= 15 is 0 Å². The molecule has 0 spiro atoms. The van der Waals surface area contributed by atoms with Crippen molar-refractivity contribution in [3.63, 3.8) is 0 Å². The van der Waals surface area contributed by atoms with Crippen molar-refractivity contribution in [2.75, 3.05) is 13.1 Å². The minimum atomic E-state index is -0.340. The number of rotatable bonds is 6. The van der Waals surface area contributed by atoms with Gasteiger partial charge in [0.15, 0.2) is 0 Å². The van der Waals surface area contributed by atoms with Crippen LogP contribution in [0.1, 0.15) is 44.6 Å². The second kappa shape index (κ2) is 9.18. The molecule has 0 bridgehead atoms. The number of nitrogens with one attached hydrogen (secondary N) is 1. The fourth-order valence-electron chi connectivity index (χ4n) is 3.07. The molecule has 0 aliphatic carbocycles. The Bertz CT molecular complexity index is 916. The number of hydrogen-bond acceptors (Lipinski definition) is 3. The van der Waals surface area contributed by atoms with Gasteiger partial charge < -0.3 is 10.2 Å². The van der Waals surface area contributed by atoms with E-state index in [0.717, 1.165) is 22.6 Å². The Morgan fingerprint density at radius 2 is 1.83 bits per heavy atom. The maximum absolute atomic E-state index is 12.9. The predicted molar refractivity (Wildman–Crippen MR) is 117 cm³/mol. The third-order valence-corrected chi connectivity index (χ3v) is 5.24. The quantitative estimate of drug-likeness (QED) is 0.737. The van der Waals surface area contributed by atoms with Gasteiger partial charge in [-0.3, -0.25) is 9.59 Å². The van der Waals surface area contributed by atoms with E-state index in [1.54, 1.807) is 21.7 Å². The molecule has 1 heterocycles. The van der Waals surface area contributed by atoms with Crippen molar-refractivity contribution < 1.29 is 9.59 Å². The Morgan fingerprint density at radius 1 is 1.17 bits per heavy atom. The van der Waals surface area contributed by atoms with Gasteiger partial charge in [-0.2, -0.15) is 5.10 Å². The molecule has 6 nitrogen and oxygen atoms in total. The van der Waals surface area contributed by atoms with Gasteiger partial charge in [-0.15, -0.1) is 0 Å². The Hall–Kier alpha value is -2.05. The molecule has 0 fully saturated rings. The summed E-state index contributed by atoms with van der Waals surface area (Å²) in [5.41, 5.74) is 2.89. The van der Waals surface area contributed by atoms with Crippen molar-refractivity contribution >= 4 is 35.0 Å². The molecular weight excluding hydrogens is 411 g/mol. The number of benzene rings is 1. The topological polar surface area (TPSA) is 67.2 Å². The smallest absolute Gasteiger partial charge is 0.240 e. The number of likely N-dealkylation sites (N-methyl/N-ethyl adjacent to an activating group) is 1. The highest BCUT2D eigenvalue weighted by Gasteiger charge is 2.22. The summed E-state index contributed by atoms with van der Waals surface area (Å²) in [5.74, 6) is -0.288. The van der Waals surface area contributed by atoms with Crippen LogP contribution in [0.15, 0.2) is 18.2 Å². The molecule has 2 amide bonds. The van der Waals surface area contributed by atoms with Crippen molar-refractivity contribution in [1.29, 1.82) is 0 Å². The zero-order valence-electron chi connectivity index (χ0n) is 17.8. The summed E-state index contributed by atoms with van der Waals surface area (Å²) < 4.78 is 1.75. The minimum Gasteiger partial charge on any atom is -0.350 e. The molecule has 1 aromatic heterocycles. The van der Waals surface area contributed by atoms with Crippen LogP contribution in [0.4, 0.5) is 0 Å². The molecule has 2 aromatic rings. The molecular formula is C21H28Cl2N4O2. The molecule has 0 aliphatic heterocycles. The van der Waals surface area contributed by atoms with E-state index in [1.807, 2.05) is 47.6 Å². The van der Waals surface area contributed by atoms with Gasteiger partial charge in [0.1, 0.15) is 0 Å². The second-order valence-electron chi connectivity index (χ2n) is 8.04. The predicted octanol–water partition coefficient (Wildman–Crippen LogP) is 4.10. The van der Waals surface area contributed by atoms with Gasteiger partial charge in [-0.1, -0.05) is 23.2 Å². The molecule has 1 aromatic carbocycles. The van der Waals surface area contributed by atoms with Gasteiger partial charge in [0.2, 0.25) is 11.8 Å². The van der Waals surface area contributed by atoms with Gasteiger partial charge in [0.05, 0.1) is 34.4 Å². The average Bonchev–Trinajstić information content (AvgIpc) is 2.88. The SMILES string of the molecule is CCN(CC(=O)NC(C)(C)C)C(=O)Cc1c(C)nn(-c2ccc(Cl)c(Cl)c2)c1C. The number of aryl methyl sites for hydroxylation is 1. The van der Waals surface area contributed by atoms with E-state index in [2.05, 4.69) is 10.4 Å². The van der Waals surface area contributed by atoms with Crippen molar-refractivity contribution in [2.45, 2.75) is 53.5 Å². The lowest BCUT2D eigenvalue weighted by atomic mass is 10.1. The molecule has 0 saturated carbocycles. The minimum absolute atomic E-state index is 0.0334. The first-order valence-electron chi connectivity index (χ1n) is 9.52. The van der Waals surface area contributed by atoms with Crippen LogP contribution >= 0.6 is 23.2 Å². The summed E-state index contributed by atoms with van der Waals surface area (Å²) in [6, 6.07) is 5.28. The van der Waals surface area contributed by atoms with Gasteiger partial charge in [0.25, 0.3) is 0 Å². The standard InChI is InChI=1S/C21H28Cl2N4O2/c1-7-26(12-19(28)24-21(4,5)6)20(29)11-16-13(2)25-27(14(16)3)15-8-9-17(22)18(23)10-15/h8-10H,7,11-12H2,1-6H3,(H,24,28). The number of nitrogens with zero attached hydrogens (tertiary/aromatic N) is 3. The molecule has 2 rings (SSSR count). The summed E-state index contributed by atoms with van der Waals surface area (Å²) in [7, 11) is 0. The maximum Gasteiger partial charge on any atom is 0.240 e. The van der Waals surface area contributed by atoms with Crippen LogP contribution in [0.3, 0.4) is 0 Å². The summed E-state index contributed by atoms with van der Waals surface area (Å²) in [4.78, 5) is 26.6. The maximum atomic E-state index is 12.9. The van der Waals surface area contributed by atoms with E-state index in [4.69, 9.17) is 23.2 Å². The van der Waals surface area contributed by atoms with Crippen LogP contribution in [-0.2, 0) is 16.0 Å². The Balaban J connectivity index is 2.20. The fourth-order valence-corrected chi connectivity index (χ4v) is 3.36. The van der Waals surface area contributed by atoms with Crippen molar-refractivity contribution in [2.24, 2.45) is 0 Å². The number of amides is 2. The Labute approximate surface area is 182 Å². The number of halogens is 2. The molecule has 0 atom stereocenters. The van der Waals surface area contributed by atoms with E-state index in [1.165, 1.54) is 0 Å². The lowest BCUT2D eigenvalue weighted by Gasteiger charge is -2.25. The van der Waals surface area contributed by atoms with Gasteiger partial charge in [-0.25, -0.2) is 4.68 Å². The number of hydrogen-bond donors (Lipinski definition) is 1. The molecule has 0 aliphatic rings. The monoisotopic (exact) mass is 438 g/mol. The van der Waals surface area contributed by atoms with E-state index in [9.17, 15) is 9.59 Å². The molecule has 0 saturated heterocycles. The first-order valence-corrected chi connectivity index (χ1v) is 10.3. The van der Waals surface area contributed by atoms with Crippen LogP contribution in [-0.4, -0.2) is 45.1 Å². The lowest BCUT2D eigenvalue weighted by Crippen LogP contribution is -2.47. The van der Waals surface area contributed by atoms with Crippen LogP contribution in [0, 0.1) is 13.8 Å². The number of carbonyl (C=O) groups is 2. The van der Waals surface area contributed by atoms with Crippen molar-refractivity contribution in [3.05, 3.63) is 45.2 Å². The second-order valence-corrected chi connectivity index (χ2v) is 8.86. The molecule has 8 heteroatoms. The summed E-state index contributed by atoms with van der Waals surface area (Å²) in [6.45, 7) is 11.9. The highest BCUT2D eigenvalue weighted by molar-refractivity contribution is 6.42. The number of carbonyl (C=O) groups excluding carboxylic acids is 2. The third kappa shape index (κ3) is 5.97. The van der Waals surface area contributed by atoms with E-state index in [0.29, 0.717) is 16.6 Å². The largest absolute Gasteiger partial charge is 0.350 e. The average molecular weight is 439 g/mol. The molecule has 0 radical (unpaired) electrons. The highest BCUT2D eigenvalue weighted by atomic mass is 35.5. The van der Waals surface area contributed by atoms with E-state index < -0.39 is 0 Å². The molecule has 1 N–H and O–H groups in total. The van der Waals surface area contributed by atoms with Gasteiger partial charge >= 0.3 is 0 Å².